The molecule has 1 N–H and O–H groups in total. The van der Waals surface area contributed by atoms with Gasteiger partial charge in [0.05, 0.1) is 6.20 Å². The molecule has 17 heavy (non-hydrogen) atoms. The molecule has 4 heteroatoms. The molecule has 0 fully saturated rings. The Hall–Kier alpha value is -1.68. The molecule has 1 unspecified atom stereocenters. The number of nitrogens with zero attached hydrogens (tertiary/aromatic N) is 3. The van der Waals surface area contributed by atoms with Crippen LogP contribution in [-0.4, -0.2) is 21.8 Å². The highest BCUT2D eigenvalue weighted by Crippen LogP contribution is 2.17. The molecule has 0 aliphatic carbocycles. The molecule has 2 rings (SSSR count). The lowest BCUT2D eigenvalue weighted by molar-refractivity contribution is 0.589. The van der Waals surface area contributed by atoms with Gasteiger partial charge in [-0.1, -0.05) is 6.07 Å². The Labute approximate surface area is 102 Å². The van der Waals surface area contributed by atoms with Crippen molar-refractivity contribution in [2.45, 2.75) is 19.4 Å². The van der Waals surface area contributed by atoms with Gasteiger partial charge in [0.1, 0.15) is 0 Å². The fraction of sp³-hybridized carbons (Fsp3) is 0.385. The molecule has 4 nitrogen and oxygen atoms in total. The molecule has 1 atom stereocenters. The molecule has 0 aromatic carbocycles. The maximum atomic E-state index is 4.33. The summed E-state index contributed by atoms with van der Waals surface area (Å²) in [6.07, 6.45) is 6.82. The van der Waals surface area contributed by atoms with Crippen molar-refractivity contribution in [1.29, 1.82) is 0 Å². The highest BCUT2D eigenvalue weighted by molar-refractivity contribution is 5.20. The van der Waals surface area contributed by atoms with Crippen LogP contribution in [-0.2, 0) is 13.5 Å². The Morgan fingerprint density at radius 2 is 2.18 bits per heavy atom. The van der Waals surface area contributed by atoms with E-state index < -0.39 is 0 Å². The van der Waals surface area contributed by atoms with Crippen LogP contribution in [0.15, 0.2) is 30.7 Å². The molecule has 2 aromatic heterocycles. The molecule has 2 heterocycles. The van der Waals surface area contributed by atoms with Crippen molar-refractivity contribution in [2.24, 2.45) is 7.05 Å². The van der Waals surface area contributed by atoms with Gasteiger partial charge in [0.15, 0.2) is 0 Å². The molecular formula is C13H18N4. The number of aromatic nitrogens is 3. The Balaban J connectivity index is 2.13. The predicted molar refractivity (Wildman–Crippen MR) is 67.7 cm³/mol. The zero-order valence-electron chi connectivity index (χ0n) is 10.5. The number of pyridine rings is 1. The van der Waals surface area contributed by atoms with Gasteiger partial charge < -0.3 is 5.32 Å². The molecule has 2 aromatic rings. The van der Waals surface area contributed by atoms with Crippen molar-refractivity contribution >= 4 is 0 Å². The number of rotatable bonds is 4. The van der Waals surface area contributed by atoms with Crippen LogP contribution >= 0.6 is 0 Å². The summed E-state index contributed by atoms with van der Waals surface area (Å²) < 4.78 is 1.83. The van der Waals surface area contributed by atoms with E-state index in [1.165, 1.54) is 11.1 Å². The van der Waals surface area contributed by atoms with Crippen LogP contribution < -0.4 is 5.32 Å². The summed E-state index contributed by atoms with van der Waals surface area (Å²) in [5, 5.41) is 7.50. The van der Waals surface area contributed by atoms with Crippen LogP contribution in [0.1, 0.15) is 22.9 Å². The summed E-state index contributed by atoms with van der Waals surface area (Å²) in [5.41, 5.74) is 3.49. The summed E-state index contributed by atoms with van der Waals surface area (Å²) in [6.45, 7) is 2.00. The molecule has 0 spiro atoms. The average molecular weight is 230 g/mol. The molecular weight excluding hydrogens is 212 g/mol. The fourth-order valence-corrected chi connectivity index (χ4v) is 1.88. The van der Waals surface area contributed by atoms with E-state index >= 15 is 0 Å². The van der Waals surface area contributed by atoms with Crippen LogP contribution in [0.5, 0.6) is 0 Å². The smallest absolute Gasteiger partial charge is 0.0522 e. The fourth-order valence-electron chi connectivity index (χ4n) is 1.88. The number of hydrogen-bond donors (Lipinski definition) is 1. The Bertz CT molecular complexity index is 472. The van der Waals surface area contributed by atoms with E-state index in [1.54, 1.807) is 0 Å². The first-order chi connectivity index (χ1) is 8.19. The topological polar surface area (TPSA) is 42.7 Å². The maximum absolute atomic E-state index is 4.33. The molecule has 0 saturated heterocycles. The molecule has 90 valence electrons. The maximum Gasteiger partial charge on any atom is 0.0522 e. The lowest BCUT2D eigenvalue weighted by atomic mass is 10.0. The number of hydrogen-bond acceptors (Lipinski definition) is 3. The molecule has 0 bridgehead atoms. The van der Waals surface area contributed by atoms with Crippen molar-refractivity contribution in [1.82, 2.24) is 20.1 Å². The highest BCUT2D eigenvalue weighted by Gasteiger charge is 2.11. The third-order valence-corrected chi connectivity index (χ3v) is 2.88. The van der Waals surface area contributed by atoms with Gasteiger partial charge in [0, 0.05) is 31.2 Å². The number of aryl methyl sites for hydroxylation is 2. The Kier molecular flexibility index (Phi) is 3.54. The van der Waals surface area contributed by atoms with Gasteiger partial charge in [-0.2, -0.15) is 5.10 Å². The summed E-state index contributed by atoms with van der Waals surface area (Å²) in [5.74, 6) is 0. The minimum Gasteiger partial charge on any atom is -0.313 e. The molecule has 0 aliphatic rings. The number of nitrogens with one attached hydrogen (secondary N) is 1. The first-order valence-corrected chi connectivity index (χ1v) is 5.76. The monoisotopic (exact) mass is 230 g/mol. The largest absolute Gasteiger partial charge is 0.313 e. The molecule has 0 aliphatic heterocycles. The van der Waals surface area contributed by atoms with Crippen molar-refractivity contribution in [3.8, 4) is 0 Å². The summed E-state index contributed by atoms with van der Waals surface area (Å²) in [7, 11) is 3.91. The normalized spacial score (nSPS) is 12.6. The Morgan fingerprint density at radius 3 is 2.71 bits per heavy atom. The first kappa shape index (κ1) is 11.8. The van der Waals surface area contributed by atoms with Gasteiger partial charge in [-0.3, -0.25) is 9.67 Å². The second kappa shape index (κ2) is 5.10. The van der Waals surface area contributed by atoms with Crippen molar-refractivity contribution in [3.63, 3.8) is 0 Å². The lowest BCUT2D eigenvalue weighted by Gasteiger charge is -2.15. The van der Waals surface area contributed by atoms with Crippen LogP contribution in [0.2, 0.25) is 0 Å². The van der Waals surface area contributed by atoms with Gasteiger partial charge in [-0.15, -0.1) is 0 Å². The summed E-state index contributed by atoms with van der Waals surface area (Å²) in [4.78, 5) is 4.33. The molecule has 0 amide bonds. The van der Waals surface area contributed by atoms with E-state index in [2.05, 4.69) is 21.5 Å². The van der Waals surface area contributed by atoms with Gasteiger partial charge in [0.2, 0.25) is 0 Å². The second-order valence-electron chi connectivity index (χ2n) is 4.30. The van der Waals surface area contributed by atoms with Crippen LogP contribution in [0.25, 0.3) is 0 Å². The van der Waals surface area contributed by atoms with E-state index in [4.69, 9.17) is 0 Å². The standard InChI is InChI=1S/C13H18N4/c1-10-4-5-12(8-15-10)13(14-2)6-11-7-16-17(3)9-11/h4-5,7-9,13-14H,6H2,1-3H3. The SMILES string of the molecule is CNC(Cc1cnn(C)c1)c1ccc(C)nc1. The van der Waals surface area contributed by atoms with E-state index in [1.807, 2.05) is 50.4 Å². The van der Waals surface area contributed by atoms with Crippen molar-refractivity contribution in [3.05, 3.63) is 47.5 Å². The number of likely N-dealkylation sites (N-methyl/N-ethyl adjacent to an activating group) is 1. The van der Waals surface area contributed by atoms with Crippen LogP contribution in [0.3, 0.4) is 0 Å². The zero-order chi connectivity index (χ0) is 12.3. The third kappa shape index (κ3) is 2.91. The summed E-state index contributed by atoms with van der Waals surface area (Å²) in [6, 6.07) is 4.45. The predicted octanol–water partition coefficient (Wildman–Crippen LogP) is 1.63. The molecule has 0 saturated carbocycles. The van der Waals surface area contributed by atoms with E-state index in [0.29, 0.717) is 0 Å². The van der Waals surface area contributed by atoms with Crippen LogP contribution in [0.4, 0.5) is 0 Å². The van der Waals surface area contributed by atoms with Gasteiger partial charge in [-0.25, -0.2) is 0 Å². The average Bonchev–Trinajstić information content (AvgIpc) is 2.73. The van der Waals surface area contributed by atoms with E-state index in [-0.39, 0.29) is 6.04 Å². The molecule has 0 radical (unpaired) electrons. The van der Waals surface area contributed by atoms with Crippen molar-refractivity contribution < 1.29 is 0 Å². The Morgan fingerprint density at radius 1 is 1.35 bits per heavy atom. The van der Waals surface area contributed by atoms with E-state index in [9.17, 15) is 0 Å². The highest BCUT2D eigenvalue weighted by atomic mass is 15.2. The third-order valence-electron chi connectivity index (χ3n) is 2.88. The van der Waals surface area contributed by atoms with E-state index in [0.717, 1.165) is 12.1 Å². The minimum atomic E-state index is 0.285. The van der Waals surface area contributed by atoms with Crippen LogP contribution in [0, 0.1) is 6.92 Å². The van der Waals surface area contributed by atoms with Gasteiger partial charge >= 0.3 is 0 Å². The lowest BCUT2D eigenvalue weighted by Crippen LogP contribution is -2.18. The zero-order valence-corrected chi connectivity index (χ0v) is 10.5. The summed E-state index contributed by atoms with van der Waals surface area (Å²) >= 11 is 0. The van der Waals surface area contributed by atoms with Crippen molar-refractivity contribution in [2.75, 3.05) is 7.05 Å². The van der Waals surface area contributed by atoms with Gasteiger partial charge in [-0.05, 0) is 37.6 Å². The quantitative estimate of drug-likeness (QED) is 0.868. The van der Waals surface area contributed by atoms with Gasteiger partial charge in [0.25, 0.3) is 0 Å². The second-order valence-corrected chi connectivity index (χ2v) is 4.30. The minimum absolute atomic E-state index is 0.285. The first-order valence-electron chi connectivity index (χ1n) is 5.76.